The largest absolute Gasteiger partial charge is 0.377 e. The van der Waals surface area contributed by atoms with Gasteiger partial charge in [0, 0.05) is 24.8 Å². The standard InChI is InChI=1S/C15H17BrN4O2/c1-19-7-10(16)5-13(15(19)21)18-14-4-3-11(6-17-14)20(2)12-8-22-9-12/h3-7,12H,8-9H2,1-2H3,(H,17,18). The van der Waals surface area contributed by atoms with Crippen molar-refractivity contribution in [1.82, 2.24) is 9.55 Å². The van der Waals surface area contributed by atoms with E-state index in [-0.39, 0.29) is 5.56 Å². The molecule has 22 heavy (non-hydrogen) atoms. The van der Waals surface area contributed by atoms with Gasteiger partial charge in [0.05, 0.1) is 31.1 Å². The van der Waals surface area contributed by atoms with Crippen LogP contribution >= 0.6 is 15.9 Å². The first-order chi connectivity index (χ1) is 10.5. The number of nitrogens with one attached hydrogen (secondary N) is 1. The molecule has 0 bridgehead atoms. The van der Waals surface area contributed by atoms with E-state index in [0.717, 1.165) is 23.4 Å². The summed E-state index contributed by atoms with van der Waals surface area (Å²) in [5, 5.41) is 3.06. The van der Waals surface area contributed by atoms with Gasteiger partial charge in [-0.05, 0) is 34.1 Å². The normalized spacial score (nSPS) is 14.5. The molecule has 7 heteroatoms. The van der Waals surface area contributed by atoms with Crippen molar-refractivity contribution in [3.8, 4) is 0 Å². The van der Waals surface area contributed by atoms with E-state index in [4.69, 9.17) is 4.74 Å². The van der Waals surface area contributed by atoms with Crippen LogP contribution < -0.4 is 15.8 Å². The Hall–Kier alpha value is -1.86. The Labute approximate surface area is 136 Å². The van der Waals surface area contributed by atoms with Crippen molar-refractivity contribution in [3.05, 3.63) is 45.4 Å². The van der Waals surface area contributed by atoms with Gasteiger partial charge in [0.15, 0.2) is 0 Å². The zero-order chi connectivity index (χ0) is 15.7. The molecule has 1 aliphatic rings. The average Bonchev–Trinajstić information content (AvgIpc) is 2.43. The van der Waals surface area contributed by atoms with Gasteiger partial charge in [-0.1, -0.05) is 0 Å². The van der Waals surface area contributed by atoms with E-state index >= 15 is 0 Å². The lowest BCUT2D eigenvalue weighted by molar-refractivity contribution is 0.0101. The predicted octanol–water partition coefficient (Wildman–Crippen LogP) is 2.12. The summed E-state index contributed by atoms with van der Waals surface area (Å²) in [4.78, 5) is 18.6. The third-order valence-electron chi connectivity index (χ3n) is 3.74. The summed E-state index contributed by atoms with van der Waals surface area (Å²) in [5.74, 6) is 0.636. The fourth-order valence-electron chi connectivity index (χ4n) is 2.22. The van der Waals surface area contributed by atoms with Crippen LogP contribution in [0.2, 0.25) is 0 Å². The molecule has 6 nitrogen and oxygen atoms in total. The Morgan fingerprint density at radius 1 is 1.45 bits per heavy atom. The number of ether oxygens (including phenoxy) is 1. The van der Waals surface area contributed by atoms with E-state index in [1.54, 1.807) is 25.5 Å². The summed E-state index contributed by atoms with van der Waals surface area (Å²) in [6.45, 7) is 1.51. The van der Waals surface area contributed by atoms with Crippen molar-refractivity contribution < 1.29 is 4.74 Å². The number of rotatable bonds is 4. The summed E-state index contributed by atoms with van der Waals surface area (Å²) in [6, 6.07) is 6.01. The van der Waals surface area contributed by atoms with E-state index in [1.807, 2.05) is 19.2 Å². The molecule has 0 unspecified atom stereocenters. The van der Waals surface area contributed by atoms with Gasteiger partial charge in [-0.15, -0.1) is 0 Å². The quantitative estimate of drug-likeness (QED) is 0.900. The molecule has 0 radical (unpaired) electrons. The van der Waals surface area contributed by atoms with Crippen molar-refractivity contribution in [2.75, 3.05) is 30.5 Å². The number of hydrogen-bond acceptors (Lipinski definition) is 5. The third kappa shape index (κ3) is 3.00. The molecule has 2 aromatic heterocycles. The van der Waals surface area contributed by atoms with Gasteiger partial charge in [0.1, 0.15) is 11.5 Å². The first-order valence-electron chi connectivity index (χ1n) is 6.94. The van der Waals surface area contributed by atoms with Crippen LogP contribution in [0.4, 0.5) is 17.2 Å². The van der Waals surface area contributed by atoms with Gasteiger partial charge in [-0.3, -0.25) is 4.79 Å². The van der Waals surface area contributed by atoms with Crippen molar-refractivity contribution in [1.29, 1.82) is 0 Å². The average molecular weight is 365 g/mol. The van der Waals surface area contributed by atoms with Gasteiger partial charge >= 0.3 is 0 Å². The predicted molar refractivity (Wildman–Crippen MR) is 89.9 cm³/mol. The number of aromatic nitrogens is 2. The highest BCUT2D eigenvalue weighted by atomic mass is 79.9. The van der Waals surface area contributed by atoms with E-state index in [1.165, 1.54) is 4.57 Å². The molecular weight excluding hydrogens is 348 g/mol. The number of aryl methyl sites for hydroxylation is 1. The van der Waals surface area contributed by atoms with E-state index in [2.05, 4.69) is 31.1 Å². The van der Waals surface area contributed by atoms with Crippen molar-refractivity contribution in [2.24, 2.45) is 7.05 Å². The molecule has 3 rings (SSSR count). The minimum Gasteiger partial charge on any atom is -0.377 e. The zero-order valence-electron chi connectivity index (χ0n) is 12.4. The fraction of sp³-hybridized carbons (Fsp3) is 0.333. The minimum absolute atomic E-state index is 0.0992. The molecule has 3 heterocycles. The SMILES string of the molecule is CN(c1ccc(Nc2cc(Br)cn(C)c2=O)nc1)C1COC1. The lowest BCUT2D eigenvalue weighted by Gasteiger charge is -2.35. The van der Waals surface area contributed by atoms with Gasteiger partial charge in [-0.2, -0.15) is 0 Å². The molecule has 1 fully saturated rings. The number of likely N-dealkylation sites (N-methyl/N-ethyl adjacent to an activating group) is 1. The van der Waals surface area contributed by atoms with Crippen molar-refractivity contribution in [3.63, 3.8) is 0 Å². The molecule has 0 atom stereocenters. The number of halogens is 1. The van der Waals surface area contributed by atoms with E-state index < -0.39 is 0 Å². The molecule has 2 aromatic rings. The van der Waals surface area contributed by atoms with E-state index in [0.29, 0.717) is 17.5 Å². The second-order valence-electron chi connectivity index (χ2n) is 5.32. The number of pyridine rings is 2. The maximum atomic E-state index is 12.1. The Bertz CT molecular complexity index is 725. The van der Waals surface area contributed by atoms with Crippen LogP contribution in [0.5, 0.6) is 0 Å². The lowest BCUT2D eigenvalue weighted by atomic mass is 10.2. The minimum atomic E-state index is -0.0992. The maximum Gasteiger partial charge on any atom is 0.274 e. The van der Waals surface area contributed by atoms with Crippen LogP contribution in [0.15, 0.2) is 39.9 Å². The lowest BCUT2D eigenvalue weighted by Crippen LogP contribution is -2.47. The van der Waals surface area contributed by atoms with Gasteiger partial charge < -0.3 is 19.5 Å². The molecule has 1 N–H and O–H groups in total. The molecule has 0 aromatic carbocycles. The Kier molecular flexibility index (Phi) is 4.17. The Morgan fingerprint density at radius 2 is 2.23 bits per heavy atom. The number of anilines is 3. The summed E-state index contributed by atoms with van der Waals surface area (Å²) in [7, 11) is 3.74. The molecule has 116 valence electrons. The molecule has 1 saturated heterocycles. The van der Waals surface area contributed by atoms with Crippen molar-refractivity contribution in [2.45, 2.75) is 6.04 Å². The molecule has 0 amide bonds. The summed E-state index contributed by atoms with van der Waals surface area (Å²) in [5.41, 5.74) is 1.41. The van der Waals surface area contributed by atoms with Crippen LogP contribution in [-0.2, 0) is 11.8 Å². The number of hydrogen-bond donors (Lipinski definition) is 1. The summed E-state index contributed by atoms with van der Waals surface area (Å²) >= 11 is 3.38. The van der Waals surface area contributed by atoms with Crippen LogP contribution in [-0.4, -0.2) is 35.9 Å². The monoisotopic (exact) mass is 364 g/mol. The smallest absolute Gasteiger partial charge is 0.274 e. The van der Waals surface area contributed by atoms with Crippen LogP contribution in [0.1, 0.15) is 0 Å². The second kappa shape index (κ2) is 6.10. The topological polar surface area (TPSA) is 59.4 Å². The zero-order valence-corrected chi connectivity index (χ0v) is 14.0. The van der Waals surface area contributed by atoms with Gasteiger partial charge in [0.25, 0.3) is 5.56 Å². The highest BCUT2D eigenvalue weighted by molar-refractivity contribution is 9.10. The molecule has 1 aliphatic heterocycles. The molecule has 0 aliphatic carbocycles. The first-order valence-corrected chi connectivity index (χ1v) is 7.74. The van der Waals surface area contributed by atoms with Gasteiger partial charge in [0.2, 0.25) is 0 Å². The summed E-state index contributed by atoms with van der Waals surface area (Å²) < 4.78 is 7.55. The third-order valence-corrected chi connectivity index (χ3v) is 4.17. The van der Waals surface area contributed by atoms with Crippen LogP contribution in [0, 0.1) is 0 Å². The van der Waals surface area contributed by atoms with Crippen molar-refractivity contribution >= 4 is 33.1 Å². The molecule has 0 spiro atoms. The summed E-state index contributed by atoms with van der Waals surface area (Å²) in [6.07, 6.45) is 3.52. The first kappa shape index (κ1) is 15.1. The number of nitrogens with zero attached hydrogens (tertiary/aromatic N) is 3. The highest BCUT2D eigenvalue weighted by Crippen LogP contribution is 2.21. The Morgan fingerprint density at radius 3 is 2.82 bits per heavy atom. The molecule has 0 saturated carbocycles. The van der Waals surface area contributed by atoms with E-state index in [9.17, 15) is 4.79 Å². The fourth-order valence-corrected chi connectivity index (χ4v) is 2.76. The van der Waals surface area contributed by atoms with Crippen LogP contribution in [0.3, 0.4) is 0 Å². The second-order valence-corrected chi connectivity index (χ2v) is 6.23. The Balaban J connectivity index is 1.77. The molecular formula is C15H17BrN4O2. The maximum absolute atomic E-state index is 12.1. The highest BCUT2D eigenvalue weighted by Gasteiger charge is 2.23. The van der Waals surface area contributed by atoms with Crippen LogP contribution in [0.25, 0.3) is 0 Å². The van der Waals surface area contributed by atoms with Gasteiger partial charge in [-0.25, -0.2) is 4.98 Å².